The second-order valence-corrected chi connectivity index (χ2v) is 4.73. The molecule has 3 aromatic rings. The van der Waals surface area contributed by atoms with Gasteiger partial charge in [0.2, 0.25) is 0 Å². The number of hydrogen-bond donors (Lipinski definition) is 2. The Morgan fingerprint density at radius 2 is 2.23 bits per heavy atom. The van der Waals surface area contributed by atoms with Crippen LogP contribution in [0.2, 0.25) is 0 Å². The minimum absolute atomic E-state index is 0.251. The van der Waals surface area contributed by atoms with Crippen molar-refractivity contribution in [1.82, 2.24) is 30.5 Å². The normalized spacial score (nSPS) is 10.7. The number of carbonyl (C=O) groups excluding carboxylic acids is 2. The molecule has 1 aromatic carbocycles. The number of fused-ring (bicyclic) bond motifs is 1. The Kier molecular flexibility index (Phi) is 3.90. The minimum atomic E-state index is -0.278. The molecular formula is C14H14N6O2. The summed E-state index contributed by atoms with van der Waals surface area (Å²) in [5, 5.41) is 18.2. The molecule has 2 aromatic heterocycles. The van der Waals surface area contributed by atoms with Crippen LogP contribution >= 0.6 is 0 Å². The van der Waals surface area contributed by atoms with Crippen molar-refractivity contribution in [2.75, 3.05) is 0 Å². The summed E-state index contributed by atoms with van der Waals surface area (Å²) in [6, 6.07) is 7.42. The summed E-state index contributed by atoms with van der Waals surface area (Å²) in [6.07, 6.45) is 2.91. The van der Waals surface area contributed by atoms with Gasteiger partial charge in [0.15, 0.2) is 5.69 Å². The Balaban J connectivity index is 1.65. The number of amides is 1. The van der Waals surface area contributed by atoms with Crippen molar-refractivity contribution in [2.24, 2.45) is 0 Å². The van der Waals surface area contributed by atoms with Crippen molar-refractivity contribution in [3.05, 3.63) is 41.9 Å². The van der Waals surface area contributed by atoms with E-state index in [0.29, 0.717) is 24.4 Å². The Morgan fingerprint density at radius 3 is 3.09 bits per heavy atom. The standard InChI is InChI=1S/C14H14N6O2/c21-7-3-6-20-9-10(16-19-20)8-15-14(22)13-11-4-1-2-5-12(11)17-18-13/h1-2,4-5,7,9H,3,6,8H2,(H,15,22)(H,17,18). The number of aromatic amines is 1. The van der Waals surface area contributed by atoms with Crippen LogP contribution in [0.15, 0.2) is 30.5 Å². The molecule has 0 saturated heterocycles. The number of rotatable bonds is 6. The van der Waals surface area contributed by atoms with Gasteiger partial charge >= 0.3 is 0 Å². The van der Waals surface area contributed by atoms with Crippen LogP contribution in [-0.4, -0.2) is 37.4 Å². The molecule has 0 unspecified atom stereocenters. The quantitative estimate of drug-likeness (QED) is 0.651. The molecule has 0 radical (unpaired) electrons. The van der Waals surface area contributed by atoms with Gasteiger partial charge in [-0.05, 0) is 6.07 Å². The van der Waals surface area contributed by atoms with E-state index in [2.05, 4.69) is 25.8 Å². The third-order valence-corrected chi connectivity index (χ3v) is 3.18. The second-order valence-electron chi connectivity index (χ2n) is 4.73. The Bertz CT molecular complexity index is 806. The number of nitrogens with zero attached hydrogens (tertiary/aromatic N) is 4. The molecule has 0 saturated carbocycles. The van der Waals surface area contributed by atoms with Gasteiger partial charge in [0.1, 0.15) is 12.0 Å². The zero-order valence-electron chi connectivity index (χ0n) is 11.7. The van der Waals surface area contributed by atoms with Crippen LogP contribution in [0.4, 0.5) is 0 Å². The molecule has 1 amide bonds. The molecule has 0 fully saturated rings. The van der Waals surface area contributed by atoms with Crippen LogP contribution in [0.1, 0.15) is 22.6 Å². The number of benzene rings is 1. The fourth-order valence-corrected chi connectivity index (χ4v) is 2.10. The molecule has 0 spiro atoms. The third-order valence-electron chi connectivity index (χ3n) is 3.18. The van der Waals surface area contributed by atoms with Gasteiger partial charge in [-0.15, -0.1) is 5.10 Å². The number of nitrogens with one attached hydrogen (secondary N) is 2. The molecule has 2 N–H and O–H groups in total. The average Bonchev–Trinajstić information content (AvgIpc) is 3.17. The smallest absolute Gasteiger partial charge is 0.272 e. The molecule has 2 heterocycles. The van der Waals surface area contributed by atoms with Crippen molar-refractivity contribution in [1.29, 1.82) is 0 Å². The molecule has 22 heavy (non-hydrogen) atoms. The molecule has 112 valence electrons. The molecule has 8 nitrogen and oxygen atoms in total. The number of aromatic nitrogens is 5. The van der Waals surface area contributed by atoms with Gasteiger partial charge < -0.3 is 10.1 Å². The van der Waals surface area contributed by atoms with Crippen molar-refractivity contribution in [3.8, 4) is 0 Å². The van der Waals surface area contributed by atoms with Crippen molar-refractivity contribution >= 4 is 23.1 Å². The molecule has 0 aliphatic carbocycles. The largest absolute Gasteiger partial charge is 0.345 e. The fourth-order valence-electron chi connectivity index (χ4n) is 2.10. The molecule has 3 rings (SSSR count). The van der Waals surface area contributed by atoms with Gasteiger partial charge in [-0.2, -0.15) is 5.10 Å². The molecule has 8 heteroatoms. The lowest BCUT2D eigenvalue weighted by Crippen LogP contribution is -2.23. The van der Waals surface area contributed by atoms with Crippen molar-refractivity contribution < 1.29 is 9.59 Å². The van der Waals surface area contributed by atoms with Gasteiger partial charge in [-0.1, -0.05) is 23.4 Å². The van der Waals surface area contributed by atoms with Gasteiger partial charge in [-0.3, -0.25) is 14.6 Å². The third kappa shape index (κ3) is 2.85. The van der Waals surface area contributed by atoms with Gasteiger partial charge in [0, 0.05) is 18.4 Å². The van der Waals surface area contributed by atoms with Crippen molar-refractivity contribution in [3.63, 3.8) is 0 Å². The number of H-pyrrole nitrogens is 1. The topological polar surface area (TPSA) is 106 Å². The van der Waals surface area contributed by atoms with E-state index in [1.165, 1.54) is 0 Å². The second kappa shape index (κ2) is 6.17. The Labute approximate surface area is 125 Å². The van der Waals surface area contributed by atoms with E-state index in [0.717, 1.165) is 17.2 Å². The predicted molar refractivity (Wildman–Crippen MR) is 78.0 cm³/mol. The molecule has 0 aliphatic rings. The van der Waals surface area contributed by atoms with E-state index in [-0.39, 0.29) is 12.5 Å². The average molecular weight is 298 g/mol. The fraction of sp³-hybridized carbons (Fsp3) is 0.214. The first kappa shape index (κ1) is 13.9. The lowest BCUT2D eigenvalue weighted by Gasteiger charge is -2.00. The number of carbonyl (C=O) groups is 2. The maximum Gasteiger partial charge on any atom is 0.272 e. The SMILES string of the molecule is O=CCCn1cc(CNC(=O)c2n[nH]c3ccccc23)nn1. The first-order valence-corrected chi connectivity index (χ1v) is 6.82. The van der Waals surface area contributed by atoms with Gasteiger partial charge in [0.05, 0.1) is 18.3 Å². The highest BCUT2D eigenvalue weighted by molar-refractivity contribution is 6.04. The summed E-state index contributed by atoms with van der Waals surface area (Å²) in [5.41, 5.74) is 1.79. The highest BCUT2D eigenvalue weighted by atomic mass is 16.2. The first-order chi connectivity index (χ1) is 10.8. The maximum absolute atomic E-state index is 12.2. The number of hydrogen-bond acceptors (Lipinski definition) is 5. The summed E-state index contributed by atoms with van der Waals surface area (Å²) in [5.74, 6) is -0.278. The van der Waals surface area contributed by atoms with Crippen LogP contribution in [0.25, 0.3) is 10.9 Å². The summed E-state index contributed by atoms with van der Waals surface area (Å²) < 4.78 is 1.57. The number of aryl methyl sites for hydroxylation is 1. The van der Waals surface area contributed by atoms with E-state index in [4.69, 9.17) is 0 Å². The Morgan fingerprint density at radius 1 is 1.36 bits per heavy atom. The van der Waals surface area contributed by atoms with Crippen molar-refractivity contribution in [2.45, 2.75) is 19.5 Å². The molecular weight excluding hydrogens is 284 g/mol. The van der Waals surface area contributed by atoms with E-state index in [1.807, 2.05) is 24.3 Å². The van der Waals surface area contributed by atoms with Gasteiger partial charge in [-0.25, -0.2) is 0 Å². The molecule has 0 bridgehead atoms. The number of aldehydes is 1. The zero-order chi connectivity index (χ0) is 15.4. The van der Waals surface area contributed by atoms with Crippen LogP contribution in [0.3, 0.4) is 0 Å². The minimum Gasteiger partial charge on any atom is -0.345 e. The van der Waals surface area contributed by atoms with E-state index in [1.54, 1.807) is 10.9 Å². The van der Waals surface area contributed by atoms with E-state index < -0.39 is 0 Å². The van der Waals surface area contributed by atoms with Crippen LogP contribution < -0.4 is 5.32 Å². The first-order valence-electron chi connectivity index (χ1n) is 6.82. The van der Waals surface area contributed by atoms with E-state index >= 15 is 0 Å². The predicted octanol–water partition coefficient (Wildman–Crippen LogP) is 0.673. The highest BCUT2D eigenvalue weighted by Gasteiger charge is 2.13. The lowest BCUT2D eigenvalue weighted by atomic mass is 10.2. The van der Waals surface area contributed by atoms with Gasteiger partial charge in [0.25, 0.3) is 5.91 Å². The highest BCUT2D eigenvalue weighted by Crippen LogP contribution is 2.14. The molecule has 0 aliphatic heterocycles. The lowest BCUT2D eigenvalue weighted by molar-refractivity contribution is -0.108. The summed E-state index contributed by atoms with van der Waals surface area (Å²) in [4.78, 5) is 22.5. The van der Waals surface area contributed by atoms with Crippen LogP contribution in [-0.2, 0) is 17.9 Å². The van der Waals surface area contributed by atoms with Crippen LogP contribution in [0, 0.1) is 0 Å². The van der Waals surface area contributed by atoms with Crippen LogP contribution in [0.5, 0.6) is 0 Å². The molecule has 0 atom stereocenters. The Hall–Kier alpha value is -3.03. The summed E-state index contributed by atoms with van der Waals surface area (Å²) >= 11 is 0. The van der Waals surface area contributed by atoms with E-state index in [9.17, 15) is 9.59 Å². The maximum atomic E-state index is 12.2. The monoisotopic (exact) mass is 298 g/mol. The summed E-state index contributed by atoms with van der Waals surface area (Å²) in [6.45, 7) is 0.732. The zero-order valence-corrected chi connectivity index (χ0v) is 11.7. The number of para-hydroxylation sites is 1. The summed E-state index contributed by atoms with van der Waals surface area (Å²) in [7, 11) is 0.